The number of aryl methyl sites for hydroxylation is 1. The average molecular weight is 259 g/mol. The number of benzene rings is 1. The van der Waals surface area contributed by atoms with Crippen molar-refractivity contribution in [1.29, 1.82) is 0 Å². The van der Waals surface area contributed by atoms with Crippen molar-refractivity contribution in [3.05, 3.63) is 47.8 Å². The first-order chi connectivity index (χ1) is 8.78. The summed E-state index contributed by atoms with van der Waals surface area (Å²) in [4.78, 5) is 8.79. The lowest BCUT2D eigenvalue weighted by molar-refractivity contribution is 0.960. The summed E-state index contributed by atoms with van der Waals surface area (Å²) in [6.45, 7) is 4.86. The Morgan fingerprint density at radius 3 is 2.67 bits per heavy atom. The minimum absolute atomic E-state index is 0.809. The van der Waals surface area contributed by atoms with Gasteiger partial charge in [-0.05, 0) is 19.4 Å². The van der Waals surface area contributed by atoms with E-state index in [-0.39, 0.29) is 0 Å². The molecule has 2 rings (SSSR count). The molecule has 0 radical (unpaired) electrons. The summed E-state index contributed by atoms with van der Waals surface area (Å²) in [6.07, 6.45) is 0. The summed E-state index contributed by atoms with van der Waals surface area (Å²) >= 11 is 1.74. The molecule has 0 aliphatic heterocycles. The fraction of sp³-hybridized carbons (Fsp3) is 0.286. The fourth-order valence-corrected chi connectivity index (χ4v) is 2.52. The molecule has 0 fully saturated rings. The molecule has 0 bridgehead atoms. The van der Waals surface area contributed by atoms with Gasteiger partial charge in [-0.25, -0.2) is 9.97 Å². The molecule has 0 atom stereocenters. The van der Waals surface area contributed by atoms with E-state index in [1.54, 1.807) is 11.8 Å². The Bertz CT molecular complexity index is 500. The predicted octanol–water partition coefficient (Wildman–Crippen LogP) is 3.51. The van der Waals surface area contributed by atoms with Gasteiger partial charge in [0.25, 0.3) is 0 Å². The van der Waals surface area contributed by atoms with Gasteiger partial charge in [0.2, 0.25) is 0 Å². The molecule has 0 saturated carbocycles. The van der Waals surface area contributed by atoms with Crippen molar-refractivity contribution >= 4 is 17.6 Å². The molecule has 4 heteroatoms. The normalized spacial score (nSPS) is 10.3. The Hall–Kier alpha value is -1.55. The number of thioether (sulfide) groups is 1. The van der Waals surface area contributed by atoms with Crippen LogP contribution < -0.4 is 5.32 Å². The molecule has 1 heterocycles. The van der Waals surface area contributed by atoms with Gasteiger partial charge in [0.05, 0.1) is 0 Å². The molecule has 0 saturated heterocycles. The smallest absolute Gasteiger partial charge is 0.130 e. The summed E-state index contributed by atoms with van der Waals surface area (Å²) in [7, 11) is 0. The molecule has 94 valence electrons. The standard InChI is InChI=1S/C14H17N3S/c1-3-15-13-9-14(17-11(2)16-13)18-10-12-7-5-4-6-8-12/h4-9H,3,10H2,1-2H3,(H,15,16,17). The molecule has 0 unspecified atom stereocenters. The molecule has 3 nitrogen and oxygen atoms in total. The van der Waals surface area contributed by atoms with E-state index in [4.69, 9.17) is 0 Å². The van der Waals surface area contributed by atoms with Crippen molar-refractivity contribution in [3.63, 3.8) is 0 Å². The van der Waals surface area contributed by atoms with Crippen molar-refractivity contribution < 1.29 is 0 Å². The van der Waals surface area contributed by atoms with E-state index in [0.29, 0.717) is 0 Å². The second-order valence-corrected chi connectivity index (χ2v) is 4.94. The lowest BCUT2D eigenvalue weighted by Crippen LogP contribution is -2.02. The van der Waals surface area contributed by atoms with Gasteiger partial charge >= 0.3 is 0 Å². The predicted molar refractivity (Wildman–Crippen MR) is 76.9 cm³/mol. The van der Waals surface area contributed by atoms with Crippen molar-refractivity contribution in [2.24, 2.45) is 0 Å². The number of anilines is 1. The van der Waals surface area contributed by atoms with E-state index in [0.717, 1.165) is 29.0 Å². The third-order valence-corrected chi connectivity index (χ3v) is 3.38. The van der Waals surface area contributed by atoms with Gasteiger partial charge in [0.15, 0.2) is 0 Å². The van der Waals surface area contributed by atoms with Gasteiger partial charge < -0.3 is 5.32 Å². The van der Waals surface area contributed by atoms with Crippen LogP contribution in [0.15, 0.2) is 41.4 Å². The minimum atomic E-state index is 0.809. The van der Waals surface area contributed by atoms with Gasteiger partial charge in [-0.15, -0.1) is 11.8 Å². The summed E-state index contributed by atoms with van der Waals surface area (Å²) in [5.74, 6) is 2.65. The largest absolute Gasteiger partial charge is 0.370 e. The lowest BCUT2D eigenvalue weighted by atomic mass is 10.2. The van der Waals surface area contributed by atoms with E-state index in [1.165, 1.54) is 5.56 Å². The number of nitrogens with zero attached hydrogens (tertiary/aromatic N) is 2. The Morgan fingerprint density at radius 1 is 1.17 bits per heavy atom. The van der Waals surface area contributed by atoms with Crippen LogP contribution >= 0.6 is 11.8 Å². The topological polar surface area (TPSA) is 37.8 Å². The van der Waals surface area contributed by atoms with Gasteiger partial charge in [-0.1, -0.05) is 30.3 Å². The lowest BCUT2D eigenvalue weighted by Gasteiger charge is -2.06. The van der Waals surface area contributed by atoms with E-state index in [9.17, 15) is 0 Å². The molecule has 0 aliphatic carbocycles. The van der Waals surface area contributed by atoms with Crippen LogP contribution in [-0.2, 0) is 5.75 Å². The van der Waals surface area contributed by atoms with Gasteiger partial charge in [-0.2, -0.15) is 0 Å². The molecule has 0 aliphatic rings. The van der Waals surface area contributed by atoms with Crippen molar-refractivity contribution in [2.45, 2.75) is 24.6 Å². The third-order valence-electron chi connectivity index (χ3n) is 2.40. The number of rotatable bonds is 5. The number of hydrogen-bond donors (Lipinski definition) is 1. The Labute approximate surface area is 112 Å². The van der Waals surface area contributed by atoms with Crippen molar-refractivity contribution in [1.82, 2.24) is 9.97 Å². The first-order valence-electron chi connectivity index (χ1n) is 6.04. The molecule has 18 heavy (non-hydrogen) atoms. The highest BCUT2D eigenvalue weighted by molar-refractivity contribution is 7.98. The second-order valence-electron chi connectivity index (χ2n) is 3.94. The second kappa shape index (κ2) is 6.40. The first kappa shape index (κ1) is 12.9. The van der Waals surface area contributed by atoms with Crippen LogP contribution in [0.25, 0.3) is 0 Å². The summed E-state index contributed by atoms with van der Waals surface area (Å²) in [5.41, 5.74) is 1.31. The number of aromatic nitrogens is 2. The monoisotopic (exact) mass is 259 g/mol. The summed E-state index contributed by atoms with van der Waals surface area (Å²) in [5, 5.41) is 4.24. The van der Waals surface area contributed by atoms with Crippen LogP contribution in [0.1, 0.15) is 18.3 Å². The van der Waals surface area contributed by atoms with Crippen LogP contribution in [0.3, 0.4) is 0 Å². The molecule has 0 amide bonds. The highest BCUT2D eigenvalue weighted by Gasteiger charge is 2.02. The van der Waals surface area contributed by atoms with Crippen LogP contribution in [0, 0.1) is 6.92 Å². The maximum Gasteiger partial charge on any atom is 0.130 e. The number of nitrogens with one attached hydrogen (secondary N) is 1. The van der Waals surface area contributed by atoms with E-state index < -0.39 is 0 Å². The Kier molecular flexibility index (Phi) is 4.59. The number of hydrogen-bond acceptors (Lipinski definition) is 4. The van der Waals surface area contributed by atoms with E-state index >= 15 is 0 Å². The zero-order chi connectivity index (χ0) is 12.8. The minimum Gasteiger partial charge on any atom is -0.370 e. The van der Waals surface area contributed by atoms with Gasteiger partial charge in [-0.3, -0.25) is 0 Å². The fourth-order valence-electron chi connectivity index (χ4n) is 1.62. The van der Waals surface area contributed by atoms with E-state index in [2.05, 4.69) is 46.5 Å². The zero-order valence-corrected chi connectivity index (χ0v) is 11.5. The average Bonchev–Trinajstić information content (AvgIpc) is 2.37. The quantitative estimate of drug-likeness (QED) is 0.658. The van der Waals surface area contributed by atoms with Crippen LogP contribution in [0.5, 0.6) is 0 Å². The summed E-state index contributed by atoms with van der Waals surface area (Å²) < 4.78 is 0. The molecular formula is C14H17N3S. The first-order valence-corrected chi connectivity index (χ1v) is 7.03. The van der Waals surface area contributed by atoms with Crippen LogP contribution in [0.4, 0.5) is 5.82 Å². The SMILES string of the molecule is CCNc1cc(SCc2ccccc2)nc(C)n1. The molecule has 0 spiro atoms. The zero-order valence-electron chi connectivity index (χ0n) is 10.7. The van der Waals surface area contributed by atoms with Gasteiger partial charge in [0.1, 0.15) is 16.7 Å². The summed E-state index contributed by atoms with van der Waals surface area (Å²) in [6, 6.07) is 12.4. The van der Waals surface area contributed by atoms with Crippen LogP contribution in [0.2, 0.25) is 0 Å². The molecule has 1 aromatic carbocycles. The maximum atomic E-state index is 4.44. The van der Waals surface area contributed by atoms with Crippen molar-refractivity contribution in [3.8, 4) is 0 Å². The Morgan fingerprint density at radius 2 is 1.94 bits per heavy atom. The maximum absolute atomic E-state index is 4.44. The molecule has 1 N–H and O–H groups in total. The van der Waals surface area contributed by atoms with Crippen LogP contribution in [-0.4, -0.2) is 16.5 Å². The van der Waals surface area contributed by atoms with Crippen molar-refractivity contribution in [2.75, 3.05) is 11.9 Å². The van der Waals surface area contributed by atoms with Gasteiger partial charge in [0, 0.05) is 18.4 Å². The van der Waals surface area contributed by atoms with E-state index in [1.807, 2.05) is 19.1 Å². The molecule has 1 aromatic heterocycles. The Balaban J connectivity index is 2.05. The third kappa shape index (κ3) is 3.74. The highest BCUT2D eigenvalue weighted by atomic mass is 32.2. The molecule has 2 aromatic rings. The molecular weight excluding hydrogens is 242 g/mol. The highest BCUT2D eigenvalue weighted by Crippen LogP contribution is 2.22.